The minimum atomic E-state index is -5.08. The smallest absolute Gasteiger partial charge is 0.475 e. The first-order valence-electron chi connectivity index (χ1n) is 11.7. The lowest BCUT2D eigenvalue weighted by Crippen LogP contribution is -2.39. The minimum absolute atomic E-state index is 0.0300. The van der Waals surface area contributed by atoms with Crippen LogP contribution in [0.1, 0.15) is 55.2 Å². The van der Waals surface area contributed by atoms with Gasteiger partial charge in [0.05, 0.1) is 17.9 Å². The first-order valence-corrected chi connectivity index (χ1v) is 11.7. The van der Waals surface area contributed by atoms with Gasteiger partial charge in [-0.05, 0) is 64.8 Å². The van der Waals surface area contributed by atoms with Crippen molar-refractivity contribution in [3.05, 3.63) is 46.8 Å². The number of rotatable bonds is 4. The maximum absolute atomic E-state index is 12.9. The lowest BCUT2D eigenvalue weighted by atomic mass is 10.0. The van der Waals surface area contributed by atoms with E-state index in [1.165, 1.54) is 42.9 Å². The third-order valence-corrected chi connectivity index (χ3v) is 6.15. The summed E-state index contributed by atoms with van der Waals surface area (Å²) in [6.07, 6.45) is -1.62. The van der Waals surface area contributed by atoms with Crippen LogP contribution in [0.3, 0.4) is 0 Å². The topological polar surface area (TPSA) is 90.7 Å². The van der Waals surface area contributed by atoms with Crippen molar-refractivity contribution in [1.82, 2.24) is 19.6 Å². The number of benzene rings is 1. The number of hydrogen-bond donors (Lipinski definition) is 2. The van der Waals surface area contributed by atoms with Gasteiger partial charge in [-0.15, -0.1) is 0 Å². The van der Waals surface area contributed by atoms with Crippen molar-refractivity contribution in [1.29, 1.82) is 0 Å². The Kier molecular flexibility index (Phi) is 8.42. The van der Waals surface area contributed by atoms with Crippen LogP contribution in [0.4, 0.5) is 23.7 Å². The van der Waals surface area contributed by atoms with Crippen molar-refractivity contribution in [2.24, 2.45) is 0 Å². The molecule has 0 aliphatic carbocycles. The molecule has 35 heavy (non-hydrogen) atoms. The van der Waals surface area contributed by atoms with Crippen molar-refractivity contribution >= 4 is 17.7 Å². The highest BCUT2D eigenvalue weighted by atomic mass is 19.4. The largest absolute Gasteiger partial charge is 0.490 e. The van der Waals surface area contributed by atoms with Crippen LogP contribution in [-0.2, 0) is 24.3 Å². The van der Waals surface area contributed by atoms with Gasteiger partial charge < -0.3 is 15.3 Å². The molecule has 2 aliphatic rings. The summed E-state index contributed by atoms with van der Waals surface area (Å²) in [6, 6.07) is 8.17. The second kappa shape index (κ2) is 11.1. The van der Waals surface area contributed by atoms with Crippen LogP contribution in [0.5, 0.6) is 0 Å². The van der Waals surface area contributed by atoms with Crippen molar-refractivity contribution in [3.8, 4) is 0 Å². The highest BCUT2D eigenvalue weighted by molar-refractivity contribution is 5.90. The predicted molar refractivity (Wildman–Crippen MR) is 125 cm³/mol. The van der Waals surface area contributed by atoms with Crippen molar-refractivity contribution in [2.45, 2.75) is 65.3 Å². The van der Waals surface area contributed by atoms with Crippen molar-refractivity contribution in [3.63, 3.8) is 0 Å². The van der Waals surface area contributed by atoms with E-state index in [9.17, 15) is 18.0 Å². The Morgan fingerprint density at radius 3 is 2.34 bits per heavy atom. The molecule has 1 fully saturated rings. The molecule has 0 saturated carbocycles. The van der Waals surface area contributed by atoms with Gasteiger partial charge in [0.25, 0.3) is 0 Å². The molecule has 2 N–H and O–H groups in total. The van der Waals surface area contributed by atoms with Crippen LogP contribution in [0.2, 0.25) is 0 Å². The fourth-order valence-electron chi connectivity index (χ4n) is 4.31. The summed E-state index contributed by atoms with van der Waals surface area (Å²) in [5.41, 5.74) is 5.74. The van der Waals surface area contributed by atoms with Gasteiger partial charge in [-0.2, -0.15) is 18.3 Å². The standard InChI is InChI=1S/C22H31N5O.C2HF3O2/c1-16(2)27-21-15-26(22(28)23-19-9-5-4-8-17(19)3)13-10-18(21)20(24-27)14-25-11-6-7-12-25;3-2(4,5)1(6)7/h4-5,8-9,16H,6-7,10-15H2,1-3H3,(H,23,28);(H,6,7). The summed E-state index contributed by atoms with van der Waals surface area (Å²) in [4.78, 5) is 26.2. The van der Waals surface area contributed by atoms with Crippen LogP contribution in [0.25, 0.3) is 0 Å². The minimum Gasteiger partial charge on any atom is -0.475 e. The molecular weight excluding hydrogens is 463 g/mol. The number of carbonyl (C=O) groups excluding carboxylic acids is 1. The van der Waals surface area contributed by atoms with E-state index in [0.717, 1.165) is 30.8 Å². The van der Waals surface area contributed by atoms with Crippen molar-refractivity contribution < 1.29 is 27.9 Å². The summed E-state index contributed by atoms with van der Waals surface area (Å²) < 4.78 is 33.9. The molecule has 2 aliphatic heterocycles. The fraction of sp³-hybridized carbons (Fsp3) is 0.542. The first-order chi connectivity index (χ1) is 16.5. The number of aliphatic carboxylic acids is 1. The molecule has 192 valence electrons. The van der Waals surface area contributed by atoms with Gasteiger partial charge in [-0.25, -0.2) is 9.59 Å². The van der Waals surface area contributed by atoms with E-state index in [0.29, 0.717) is 12.6 Å². The Morgan fingerprint density at radius 1 is 1.14 bits per heavy atom. The zero-order valence-corrected chi connectivity index (χ0v) is 20.2. The predicted octanol–water partition coefficient (Wildman–Crippen LogP) is 4.59. The molecule has 8 nitrogen and oxygen atoms in total. The van der Waals surface area contributed by atoms with Crippen molar-refractivity contribution in [2.75, 3.05) is 25.0 Å². The summed E-state index contributed by atoms with van der Waals surface area (Å²) in [7, 11) is 0. The molecule has 1 aromatic heterocycles. The summed E-state index contributed by atoms with van der Waals surface area (Å²) >= 11 is 0. The first kappa shape index (κ1) is 26.5. The third kappa shape index (κ3) is 6.74. The summed E-state index contributed by atoms with van der Waals surface area (Å²) in [5.74, 6) is -2.76. The van der Waals surface area contributed by atoms with E-state index in [-0.39, 0.29) is 6.03 Å². The molecule has 0 radical (unpaired) electrons. The number of alkyl halides is 3. The lowest BCUT2D eigenvalue weighted by molar-refractivity contribution is -0.192. The number of aryl methyl sites for hydroxylation is 1. The Hall–Kier alpha value is -3.08. The number of para-hydroxylation sites is 1. The SMILES string of the molecule is Cc1ccccc1NC(=O)N1CCc2c(CN3CCCC3)nn(C(C)C)c2C1.O=C(O)C(F)(F)F. The van der Waals surface area contributed by atoms with E-state index >= 15 is 0 Å². The zero-order valence-electron chi connectivity index (χ0n) is 20.2. The number of hydrogen-bond acceptors (Lipinski definition) is 4. The molecule has 4 rings (SSSR count). The Morgan fingerprint density at radius 2 is 1.77 bits per heavy atom. The van der Waals surface area contributed by atoms with Crippen LogP contribution in [0.15, 0.2) is 24.3 Å². The maximum atomic E-state index is 12.9. The normalized spacial score (nSPS) is 16.0. The average Bonchev–Trinajstić information content (AvgIpc) is 3.43. The van der Waals surface area contributed by atoms with E-state index < -0.39 is 12.1 Å². The monoisotopic (exact) mass is 495 g/mol. The fourth-order valence-corrected chi connectivity index (χ4v) is 4.31. The molecular formula is C24H32F3N5O3. The van der Waals surface area contributed by atoms with Crippen LogP contribution in [-0.4, -0.2) is 62.5 Å². The molecule has 2 amide bonds. The number of nitrogens with one attached hydrogen (secondary N) is 1. The van der Waals surface area contributed by atoms with E-state index in [2.05, 4.69) is 28.7 Å². The maximum Gasteiger partial charge on any atom is 0.490 e. The molecule has 0 unspecified atom stereocenters. The molecule has 11 heteroatoms. The second-order valence-corrected chi connectivity index (χ2v) is 9.11. The number of halogens is 3. The molecule has 3 heterocycles. The summed E-state index contributed by atoms with van der Waals surface area (Å²) in [5, 5.41) is 15.2. The van der Waals surface area contributed by atoms with Gasteiger partial charge in [-0.3, -0.25) is 9.58 Å². The average molecular weight is 496 g/mol. The number of likely N-dealkylation sites (tertiary alicyclic amines) is 1. The lowest BCUT2D eigenvalue weighted by Gasteiger charge is -2.29. The Labute approximate surface area is 202 Å². The number of carboxylic acid groups (broad SMARTS) is 1. The van der Waals surface area contributed by atoms with Gasteiger partial charge in [-0.1, -0.05) is 18.2 Å². The highest BCUT2D eigenvalue weighted by Crippen LogP contribution is 2.27. The van der Waals surface area contributed by atoms with Crippen LogP contribution < -0.4 is 5.32 Å². The Bertz CT molecular complexity index is 1050. The number of fused-ring (bicyclic) bond motifs is 1. The van der Waals surface area contributed by atoms with Gasteiger partial charge in [0.2, 0.25) is 0 Å². The zero-order chi connectivity index (χ0) is 25.8. The van der Waals surface area contributed by atoms with Gasteiger partial charge >= 0.3 is 18.2 Å². The quantitative estimate of drug-likeness (QED) is 0.648. The number of aromatic nitrogens is 2. The number of carboxylic acids is 1. The van der Waals surface area contributed by atoms with Crippen LogP contribution >= 0.6 is 0 Å². The van der Waals surface area contributed by atoms with Crippen LogP contribution in [0, 0.1) is 6.92 Å². The molecule has 0 bridgehead atoms. The second-order valence-electron chi connectivity index (χ2n) is 9.11. The highest BCUT2D eigenvalue weighted by Gasteiger charge is 2.38. The van der Waals surface area contributed by atoms with Gasteiger partial charge in [0.1, 0.15) is 0 Å². The van der Waals surface area contributed by atoms with E-state index in [4.69, 9.17) is 15.0 Å². The number of amides is 2. The van der Waals surface area contributed by atoms with Gasteiger partial charge in [0, 0.05) is 30.4 Å². The summed E-state index contributed by atoms with van der Waals surface area (Å²) in [6.45, 7) is 11.0. The molecule has 2 aromatic rings. The number of urea groups is 1. The van der Waals surface area contributed by atoms with E-state index in [1.807, 2.05) is 36.1 Å². The van der Waals surface area contributed by atoms with Gasteiger partial charge in [0.15, 0.2) is 0 Å². The molecule has 0 atom stereocenters. The number of carbonyl (C=O) groups is 2. The van der Waals surface area contributed by atoms with E-state index in [1.54, 1.807) is 0 Å². The molecule has 1 saturated heterocycles. The number of nitrogens with zero attached hydrogens (tertiary/aromatic N) is 4. The Balaban J connectivity index is 0.000000429. The number of anilines is 1. The molecule has 0 spiro atoms. The molecule has 1 aromatic carbocycles. The third-order valence-electron chi connectivity index (χ3n) is 6.15.